The van der Waals surface area contributed by atoms with E-state index in [4.69, 9.17) is 17.3 Å². The highest BCUT2D eigenvalue weighted by Crippen LogP contribution is 2.18. The van der Waals surface area contributed by atoms with Gasteiger partial charge in [0.15, 0.2) is 0 Å². The van der Waals surface area contributed by atoms with E-state index in [2.05, 4.69) is 22.6 Å². The molecule has 2 N–H and O–H groups in total. The molecule has 1 aromatic carbocycles. The van der Waals surface area contributed by atoms with Crippen molar-refractivity contribution in [2.75, 3.05) is 5.73 Å². The number of nitrogens with two attached hydrogens (primary N) is 1. The first-order chi connectivity index (χ1) is 4.20. The van der Waals surface area contributed by atoms with Crippen LogP contribution in [-0.4, -0.2) is 0 Å². The van der Waals surface area contributed by atoms with Gasteiger partial charge < -0.3 is 5.73 Å². The molecule has 0 aromatic heterocycles. The Morgan fingerprint density at radius 3 is 2.40 bits per heavy atom. The van der Waals surface area contributed by atoms with Gasteiger partial charge in [-0.25, -0.2) is 0 Å². The molecule has 56 valence electrons. The molecule has 0 aliphatic rings. The van der Waals surface area contributed by atoms with Crippen molar-refractivity contribution in [2.45, 2.75) is 0 Å². The van der Waals surface area contributed by atoms with Crippen LogP contribution in [0.5, 0.6) is 0 Å². The molecule has 0 unspecified atom stereocenters. The quantitative estimate of drug-likeness (QED) is 0.577. The van der Waals surface area contributed by atoms with Crippen molar-refractivity contribution in [3.63, 3.8) is 0 Å². The molecular formula is C6H6Cl2IN. The van der Waals surface area contributed by atoms with Crippen molar-refractivity contribution in [2.24, 2.45) is 0 Å². The van der Waals surface area contributed by atoms with Crippen LogP contribution in [0.15, 0.2) is 18.2 Å². The molecule has 0 saturated carbocycles. The monoisotopic (exact) mass is 289 g/mol. The molecule has 0 heterocycles. The molecule has 0 bridgehead atoms. The summed E-state index contributed by atoms with van der Waals surface area (Å²) in [6.45, 7) is 0. The van der Waals surface area contributed by atoms with Crippen LogP contribution in [0.3, 0.4) is 0 Å². The third kappa shape index (κ3) is 2.52. The zero-order valence-corrected chi connectivity index (χ0v) is 8.70. The number of rotatable bonds is 0. The van der Waals surface area contributed by atoms with Crippen LogP contribution in [0.1, 0.15) is 0 Å². The van der Waals surface area contributed by atoms with Crippen LogP contribution in [-0.2, 0) is 0 Å². The van der Waals surface area contributed by atoms with E-state index in [0.29, 0.717) is 5.02 Å². The van der Waals surface area contributed by atoms with Crippen molar-refractivity contribution < 1.29 is 0 Å². The molecule has 1 rings (SSSR count). The van der Waals surface area contributed by atoms with Crippen LogP contribution >= 0.6 is 46.6 Å². The van der Waals surface area contributed by atoms with Crippen molar-refractivity contribution in [1.29, 1.82) is 0 Å². The predicted octanol–water partition coefficient (Wildman–Crippen LogP) is 2.95. The van der Waals surface area contributed by atoms with Gasteiger partial charge in [-0.05, 0) is 40.8 Å². The third-order valence-electron chi connectivity index (χ3n) is 0.958. The van der Waals surface area contributed by atoms with Crippen molar-refractivity contribution in [3.05, 3.63) is 26.8 Å². The number of nitrogen functional groups attached to an aromatic ring is 1. The van der Waals surface area contributed by atoms with Crippen molar-refractivity contribution in [1.82, 2.24) is 0 Å². The van der Waals surface area contributed by atoms with Gasteiger partial charge in [-0.2, -0.15) is 0 Å². The van der Waals surface area contributed by atoms with Gasteiger partial charge in [-0.1, -0.05) is 11.6 Å². The number of anilines is 1. The van der Waals surface area contributed by atoms with Gasteiger partial charge in [0.1, 0.15) is 0 Å². The zero-order valence-electron chi connectivity index (χ0n) is 4.97. The Hall–Kier alpha value is 0.330. The Labute approximate surface area is 84.5 Å². The highest BCUT2D eigenvalue weighted by atomic mass is 127. The second kappa shape index (κ2) is 4.26. The summed E-state index contributed by atoms with van der Waals surface area (Å²) < 4.78 is 1.04. The van der Waals surface area contributed by atoms with Gasteiger partial charge in [0.05, 0.1) is 0 Å². The fraction of sp³-hybridized carbons (Fsp3) is 0. The molecule has 0 aliphatic heterocycles. The van der Waals surface area contributed by atoms with Gasteiger partial charge in [0.25, 0.3) is 0 Å². The Kier molecular flexibility index (Phi) is 4.40. The van der Waals surface area contributed by atoms with E-state index >= 15 is 0 Å². The lowest BCUT2D eigenvalue weighted by molar-refractivity contribution is 1.63. The van der Waals surface area contributed by atoms with Crippen LogP contribution in [0.25, 0.3) is 0 Å². The standard InChI is InChI=1S/C6H5ClIN.ClH/c7-4-1-2-5(8)6(9)3-4;/h1-3H,9H2;1H. The molecule has 10 heavy (non-hydrogen) atoms. The van der Waals surface area contributed by atoms with Crippen LogP contribution in [0.4, 0.5) is 5.69 Å². The first-order valence-electron chi connectivity index (χ1n) is 2.40. The minimum atomic E-state index is 0. The fourth-order valence-electron chi connectivity index (χ4n) is 0.515. The first-order valence-corrected chi connectivity index (χ1v) is 3.86. The van der Waals surface area contributed by atoms with Gasteiger partial charge in [-0.15, -0.1) is 12.4 Å². The summed E-state index contributed by atoms with van der Waals surface area (Å²) >= 11 is 7.79. The Bertz CT molecular complexity index is 227. The van der Waals surface area contributed by atoms with Crippen LogP contribution in [0.2, 0.25) is 5.02 Å². The first kappa shape index (κ1) is 10.3. The molecule has 0 aliphatic carbocycles. The summed E-state index contributed by atoms with van der Waals surface area (Å²) in [7, 11) is 0. The minimum absolute atomic E-state index is 0. The van der Waals surface area contributed by atoms with E-state index in [-0.39, 0.29) is 12.4 Å². The van der Waals surface area contributed by atoms with Gasteiger partial charge >= 0.3 is 0 Å². The van der Waals surface area contributed by atoms with Gasteiger partial charge in [0, 0.05) is 14.3 Å². The van der Waals surface area contributed by atoms with Crippen LogP contribution in [0, 0.1) is 3.57 Å². The minimum Gasteiger partial charge on any atom is -0.398 e. The Morgan fingerprint density at radius 1 is 1.40 bits per heavy atom. The van der Waals surface area contributed by atoms with E-state index in [0.717, 1.165) is 9.26 Å². The average Bonchev–Trinajstić information content (AvgIpc) is 1.80. The summed E-state index contributed by atoms with van der Waals surface area (Å²) in [5.74, 6) is 0. The van der Waals surface area contributed by atoms with Crippen LogP contribution < -0.4 is 5.73 Å². The van der Waals surface area contributed by atoms with E-state index in [1.54, 1.807) is 6.07 Å². The molecule has 0 saturated heterocycles. The van der Waals surface area contributed by atoms with Gasteiger partial charge in [0.2, 0.25) is 0 Å². The van der Waals surface area contributed by atoms with E-state index in [9.17, 15) is 0 Å². The van der Waals surface area contributed by atoms with Gasteiger partial charge in [-0.3, -0.25) is 0 Å². The maximum atomic E-state index is 5.63. The van der Waals surface area contributed by atoms with E-state index in [1.807, 2.05) is 12.1 Å². The second-order valence-corrected chi connectivity index (χ2v) is 3.26. The second-order valence-electron chi connectivity index (χ2n) is 1.67. The third-order valence-corrected chi connectivity index (χ3v) is 2.18. The number of halogens is 3. The normalized spacial score (nSPS) is 8.60. The maximum Gasteiger partial charge on any atom is 0.0464 e. The summed E-state index contributed by atoms with van der Waals surface area (Å²) in [4.78, 5) is 0. The molecular weight excluding hydrogens is 284 g/mol. The predicted molar refractivity (Wildman–Crippen MR) is 55.8 cm³/mol. The molecule has 0 fully saturated rings. The lowest BCUT2D eigenvalue weighted by Crippen LogP contribution is -1.86. The number of hydrogen-bond donors (Lipinski definition) is 1. The van der Waals surface area contributed by atoms with Crippen molar-refractivity contribution in [3.8, 4) is 0 Å². The lowest BCUT2D eigenvalue weighted by atomic mass is 10.3. The SMILES string of the molecule is Cl.Nc1cc(Cl)ccc1I. The van der Waals surface area contributed by atoms with E-state index in [1.165, 1.54) is 0 Å². The smallest absolute Gasteiger partial charge is 0.0464 e. The molecule has 1 aromatic rings. The zero-order chi connectivity index (χ0) is 6.85. The lowest BCUT2D eigenvalue weighted by Gasteiger charge is -1.95. The molecule has 0 radical (unpaired) electrons. The highest BCUT2D eigenvalue weighted by molar-refractivity contribution is 14.1. The molecule has 0 atom stereocenters. The molecule has 4 heteroatoms. The topological polar surface area (TPSA) is 26.0 Å². The largest absolute Gasteiger partial charge is 0.398 e. The Balaban J connectivity index is 0.000000810. The molecule has 0 amide bonds. The highest BCUT2D eigenvalue weighted by Gasteiger charge is 1.92. The number of benzene rings is 1. The summed E-state index contributed by atoms with van der Waals surface area (Å²) in [5, 5.41) is 0.688. The number of hydrogen-bond acceptors (Lipinski definition) is 1. The van der Waals surface area contributed by atoms with Crippen molar-refractivity contribution >= 4 is 52.3 Å². The average molecular weight is 290 g/mol. The molecule has 1 nitrogen and oxygen atoms in total. The fourth-order valence-corrected chi connectivity index (χ4v) is 1.03. The maximum absolute atomic E-state index is 5.63. The summed E-state index contributed by atoms with van der Waals surface area (Å²) in [6, 6.07) is 5.45. The molecule has 0 spiro atoms. The Morgan fingerprint density at radius 2 is 2.00 bits per heavy atom. The summed E-state index contributed by atoms with van der Waals surface area (Å²) in [5.41, 5.74) is 6.27. The van der Waals surface area contributed by atoms with E-state index < -0.39 is 0 Å². The summed E-state index contributed by atoms with van der Waals surface area (Å²) in [6.07, 6.45) is 0.